The Morgan fingerprint density at radius 1 is 0.786 bits per heavy atom. The van der Waals surface area contributed by atoms with E-state index in [1.54, 1.807) is 0 Å². The van der Waals surface area contributed by atoms with Crippen LogP contribution in [0.2, 0.25) is 0 Å². The number of anilines is 1. The zero-order chi connectivity index (χ0) is 29.5. The molecule has 0 unspecified atom stereocenters. The summed E-state index contributed by atoms with van der Waals surface area (Å²) in [5.74, 6) is 0.727. The summed E-state index contributed by atoms with van der Waals surface area (Å²) >= 11 is 0. The van der Waals surface area contributed by atoms with Crippen LogP contribution in [-0.4, -0.2) is 46.9 Å². The molecule has 0 spiro atoms. The summed E-state index contributed by atoms with van der Waals surface area (Å²) in [6.07, 6.45) is 12.4. The third-order valence-corrected chi connectivity index (χ3v) is 8.36. The summed E-state index contributed by atoms with van der Waals surface area (Å²) in [7, 11) is 3.91. The standard InChI is InChI=1S/C21H19N3O.C13H19NO.C2H6/c1-24-19-9-10-22-13-18(19)17-7-5-14(11-20(17)24)15-6-8-21(23-12-15)25-16-3-2-4-16;1-11-4-3-5-12(10-11)14-8-6-13(15-2)7-9-14;1-2/h5-13,16H,2-4H2,1H3;3-5,10,13H,6-9H2,1-2H3;1-2H3. The minimum absolute atomic E-state index is 0.360. The summed E-state index contributed by atoms with van der Waals surface area (Å²) < 4.78 is 13.4. The molecule has 0 amide bonds. The predicted octanol–water partition coefficient (Wildman–Crippen LogP) is 8.36. The van der Waals surface area contributed by atoms with Crippen molar-refractivity contribution in [3.05, 3.63) is 84.8 Å². The maximum Gasteiger partial charge on any atom is 0.213 e. The van der Waals surface area contributed by atoms with Gasteiger partial charge < -0.3 is 18.9 Å². The molecule has 5 aromatic rings. The lowest BCUT2D eigenvalue weighted by Gasteiger charge is -2.33. The molecule has 0 bridgehead atoms. The Morgan fingerprint density at radius 3 is 2.24 bits per heavy atom. The molecule has 2 aromatic carbocycles. The number of benzene rings is 2. The maximum atomic E-state index is 5.85. The van der Waals surface area contributed by atoms with E-state index in [1.807, 2.05) is 45.6 Å². The van der Waals surface area contributed by atoms with Crippen molar-refractivity contribution < 1.29 is 9.47 Å². The molecule has 7 rings (SSSR count). The van der Waals surface area contributed by atoms with Gasteiger partial charge in [-0.1, -0.05) is 38.1 Å². The highest BCUT2D eigenvalue weighted by molar-refractivity contribution is 6.08. The Kier molecular flexibility index (Phi) is 9.75. The lowest BCUT2D eigenvalue weighted by atomic mass is 9.96. The number of nitrogens with zero attached hydrogens (tertiary/aromatic N) is 4. The second-order valence-corrected chi connectivity index (χ2v) is 11.0. The van der Waals surface area contributed by atoms with E-state index < -0.39 is 0 Å². The Hall–Kier alpha value is -3.90. The normalized spacial score (nSPS) is 15.4. The number of piperidine rings is 1. The molecule has 2 fully saturated rings. The number of rotatable bonds is 5. The third kappa shape index (κ3) is 6.60. The predicted molar refractivity (Wildman–Crippen MR) is 174 cm³/mol. The van der Waals surface area contributed by atoms with Crippen molar-refractivity contribution in [3.8, 4) is 17.0 Å². The number of aryl methyl sites for hydroxylation is 2. The molecule has 4 heterocycles. The summed E-state index contributed by atoms with van der Waals surface area (Å²) in [6.45, 7) is 8.37. The first-order chi connectivity index (χ1) is 20.6. The molecular weight excluding hydrogens is 520 g/mol. The number of pyridine rings is 2. The second-order valence-electron chi connectivity index (χ2n) is 11.0. The number of hydrogen-bond acceptors (Lipinski definition) is 5. The smallest absolute Gasteiger partial charge is 0.213 e. The first-order valence-corrected chi connectivity index (χ1v) is 15.4. The fraction of sp³-hybridized carbons (Fsp3) is 0.389. The average molecular weight is 565 g/mol. The van der Waals surface area contributed by atoms with Crippen LogP contribution in [0.15, 0.2) is 79.3 Å². The first-order valence-electron chi connectivity index (χ1n) is 15.4. The first kappa shape index (κ1) is 29.6. The molecule has 6 heteroatoms. The Morgan fingerprint density at radius 2 is 1.57 bits per heavy atom. The zero-order valence-electron chi connectivity index (χ0n) is 25.7. The van der Waals surface area contributed by atoms with Crippen LogP contribution in [0.3, 0.4) is 0 Å². The van der Waals surface area contributed by atoms with Crippen molar-refractivity contribution in [3.63, 3.8) is 0 Å². The van der Waals surface area contributed by atoms with Gasteiger partial charge in [0.2, 0.25) is 5.88 Å². The fourth-order valence-electron chi connectivity index (χ4n) is 5.69. The number of aromatic nitrogens is 3. The van der Waals surface area contributed by atoms with E-state index in [4.69, 9.17) is 9.47 Å². The molecule has 0 atom stereocenters. The molecule has 220 valence electrons. The second kappa shape index (κ2) is 13.8. The van der Waals surface area contributed by atoms with E-state index in [0.29, 0.717) is 12.2 Å². The zero-order valence-corrected chi connectivity index (χ0v) is 25.7. The van der Waals surface area contributed by atoms with Crippen LogP contribution < -0.4 is 9.64 Å². The van der Waals surface area contributed by atoms with Crippen molar-refractivity contribution in [2.24, 2.45) is 7.05 Å². The van der Waals surface area contributed by atoms with E-state index in [2.05, 4.69) is 88.0 Å². The van der Waals surface area contributed by atoms with Crippen molar-refractivity contribution in [1.82, 2.24) is 14.5 Å². The van der Waals surface area contributed by atoms with Gasteiger partial charge in [0.1, 0.15) is 6.10 Å². The van der Waals surface area contributed by atoms with Gasteiger partial charge in [-0.25, -0.2) is 4.98 Å². The van der Waals surface area contributed by atoms with Crippen molar-refractivity contribution >= 4 is 27.5 Å². The van der Waals surface area contributed by atoms with Crippen molar-refractivity contribution in [2.45, 2.75) is 65.1 Å². The maximum absolute atomic E-state index is 5.85. The van der Waals surface area contributed by atoms with Gasteiger partial charge in [0.15, 0.2) is 0 Å². The average Bonchev–Trinajstić information content (AvgIpc) is 3.32. The quantitative estimate of drug-likeness (QED) is 0.215. The topological polar surface area (TPSA) is 52.4 Å². The Bertz CT molecular complexity index is 1580. The molecule has 42 heavy (non-hydrogen) atoms. The summed E-state index contributed by atoms with van der Waals surface area (Å²) in [4.78, 5) is 11.2. The molecule has 1 saturated carbocycles. The van der Waals surface area contributed by atoms with E-state index >= 15 is 0 Å². The molecule has 2 aliphatic rings. The van der Waals surface area contributed by atoms with Gasteiger partial charge in [-0.3, -0.25) is 4.98 Å². The number of fused-ring (bicyclic) bond motifs is 3. The highest BCUT2D eigenvalue weighted by atomic mass is 16.5. The van der Waals surface area contributed by atoms with Gasteiger partial charge in [-0.05, 0) is 80.5 Å². The van der Waals surface area contributed by atoms with Crippen LogP contribution in [0.1, 0.15) is 51.5 Å². The lowest BCUT2D eigenvalue weighted by molar-refractivity contribution is 0.0819. The minimum atomic E-state index is 0.360. The monoisotopic (exact) mass is 564 g/mol. The van der Waals surface area contributed by atoms with Gasteiger partial charge in [0, 0.05) is 79.4 Å². The molecule has 0 N–H and O–H groups in total. The van der Waals surface area contributed by atoms with Crippen LogP contribution in [0.25, 0.3) is 32.9 Å². The van der Waals surface area contributed by atoms with Crippen molar-refractivity contribution in [2.75, 3.05) is 25.1 Å². The molecule has 0 radical (unpaired) electrons. The van der Waals surface area contributed by atoms with Crippen LogP contribution in [0, 0.1) is 6.92 Å². The van der Waals surface area contributed by atoms with Crippen molar-refractivity contribution in [1.29, 1.82) is 0 Å². The van der Waals surface area contributed by atoms with Gasteiger partial charge in [0.25, 0.3) is 0 Å². The van der Waals surface area contributed by atoms with E-state index in [0.717, 1.165) is 55.8 Å². The molecule has 3 aromatic heterocycles. The lowest BCUT2D eigenvalue weighted by Crippen LogP contribution is -2.36. The van der Waals surface area contributed by atoms with Crippen LogP contribution in [0.5, 0.6) is 5.88 Å². The highest BCUT2D eigenvalue weighted by Crippen LogP contribution is 2.32. The van der Waals surface area contributed by atoms with Gasteiger partial charge in [-0.2, -0.15) is 0 Å². The van der Waals surface area contributed by atoms with Crippen LogP contribution in [0.4, 0.5) is 5.69 Å². The molecular formula is C36H44N4O2. The number of ether oxygens (including phenoxy) is 2. The largest absolute Gasteiger partial charge is 0.474 e. The van der Waals surface area contributed by atoms with Crippen LogP contribution in [-0.2, 0) is 11.8 Å². The van der Waals surface area contributed by atoms with Crippen LogP contribution >= 0.6 is 0 Å². The van der Waals surface area contributed by atoms with E-state index in [1.165, 1.54) is 39.5 Å². The molecule has 1 aliphatic carbocycles. The number of methoxy groups -OCH3 is 1. The van der Waals surface area contributed by atoms with Gasteiger partial charge in [0.05, 0.1) is 11.6 Å². The van der Waals surface area contributed by atoms with E-state index in [9.17, 15) is 0 Å². The molecule has 6 nitrogen and oxygen atoms in total. The highest BCUT2D eigenvalue weighted by Gasteiger charge is 2.20. The van der Waals surface area contributed by atoms with Gasteiger partial charge in [-0.15, -0.1) is 0 Å². The summed E-state index contributed by atoms with van der Waals surface area (Å²) in [5.41, 5.74) is 7.35. The van der Waals surface area contributed by atoms with E-state index in [-0.39, 0.29) is 0 Å². The third-order valence-electron chi connectivity index (χ3n) is 8.36. The van der Waals surface area contributed by atoms with Gasteiger partial charge >= 0.3 is 0 Å². The SMILES string of the molecule is CC.COC1CCN(c2cccc(C)c2)CC1.Cn1c2ccncc2c2ccc(-c3ccc(OC4CCC4)nc3)cc21. The summed E-state index contributed by atoms with van der Waals surface area (Å²) in [6, 6.07) is 21.4. The Labute approximate surface area is 250 Å². The summed E-state index contributed by atoms with van der Waals surface area (Å²) in [5, 5.41) is 2.42. The molecule has 1 aliphatic heterocycles. The fourth-order valence-corrected chi connectivity index (χ4v) is 5.69. The molecule has 1 saturated heterocycles. The number of hydrogen-bond donors (Lipinski definition) is 0. The minimum Gasteiger partial charge on any atom is -0.474 e. The Balaban J connectivity index is 0.000000178.